The van der Waals surface area contributed by atoms with Crippen molar-refractivity contribution in [1.82, 2.24) is 15.5 Å². The number of guanidine groups is 1. The second kappa shape index (κ2) is 9.07. The van der Waals surface area contributed by atoms with Gasteiger partial charge >= 0.3 is 0 Å². The molecule has 2 amide bonds. The Hall–Kier alpha value is -1.89. The second-order valence-electron chi connectivity index (χ2n) is 8.28. The number of nitrogens with zero attached hydrogens (tertiary/aromatic N) is 2. The van der Waals surface area contributed by atoms with Crippen molar-refractivity contribution in [3.05, 3.63) is 12.2 Å². The number of rotatable bonds is 9. The molecule has 5 unspecified atom stereocenters. The third-order valence-electron chi connectivity index (χ3n) is 6.26. The van der Waals surface area contributed by atoms with E-state index in [1.807, 2.05) is 6.92 Å². The zero-order valence-electron chi connectivity index (χ0n) is 17.5. The summed E-state index contributed by atoms with van der Waals surface area (Å²) in [4.78, 5) is 31.1. The van der Waals surface area contributed by atoms with Crippen molar-refractivity contribution in [2.75, 3.05) is 33.3 Å². The number of amides is 2. The molecule has 2 aliphatic carbocycles. The van der Waals surface area contributed by atoms with Crippen molar-refractivity contribution in [1.29, 1.82) is 0 Å². The molecule has 1 heterocycles. The molecular formula is C21H34N4O3. The van der Waals surface area contributed by atoms with E-state index in [1.54, 1.807) is 7.05 Å². The van der Waals surface area contributed by atoms with Gasteiger partial charge in [0.15, 0.2) is 5.96 Å². The highest BCUT2D eigenvalue weighted by atomic mass is 16.5. The summed E-state index contributed by atoms with van der Waals surface area (Å²) in [5.74, 6) is 1.45. The topological polar surface area (TPSA) is 83.0 Å². The summed E-state index contributed by atoms with van der Waals surface area (Å²) >= 11 is 0. The monoisotopic (exact) mass is 390 g/mol. The Morgan fingerprint density at radius 2 is 1.79 bits per heavy atom. The molecule has 0 aromatic carbocycles. The van der Waals surface area contributed by atoms with Gasteiger partial charge in [-0.05, 0) is 37.5 Å². The van der Waals surface area contributed by atoms with Gasteiger partial charge in [-0.25, -0.2) is 0 Å². The number of hydrogen-bond donors (Lipinski definition) is 2. The number of nitrogens with one attached hydrogen (secondary N) is 2. The first-order chi connectivity index (χ1) is 13.5. The fourth-order valence-corrected chi connectivity index (χ4v) is 4.85. The van der Waals surface area contributed by atoms with E-state index >= 15 is 0 Å². The highest BCUT2D eigenvalue weighted by Crippen LogP contribution is 2.52. The van der Waals surface area contributed by atoms with Crippen LogP contribution in [-0.4, -0.2) is 62.1 Å². The molecule has 0 spiro atoms. The SMILES string of the molecule is CCOC(CCNC(=NC)NCCN1C(=O)C2C3C=CC(C3)C2C1=O)C(C)C. The van der Waals surface area contributed by atoms with Crippen LogP contribution in [0.2, 0.25) is 0 Å². The van der Waals surface area contributed by atoms with Crippen molar-refractivity contribution in [2.24, 2.45) is 34.6 Å². The van der Waals surface area contributed by atoms with E-state index in [2.05, 4.69) is 41.6 Å². The molecule has 1 saturated heterocycles. The van der Waals surface area contributed by atoms with Gasteiger partial charge in [-0.15, -0.1) is 0 Å². The number of allylic oxidation sites excluding steroid dienone is 2. The fourth-order valence-electron chi connectivity index (χ4n) is 4.85. The number of aliphatic imine (C=N–C) groups is 1. The molecule has 0 aromatic rings. The number of hydrogen-bond acceptors (Lipinski definition) is 4. The van der Waals surface area contributed by atoms with Crippen molar-refractivity contribution in [3.8, 4) is 0 Å². The van der Waals surface area contributed by atoms with E-state index in [0.29, 0.717) is 31.6 Å². The Bertz CT molecular complexity index is 616. The van der Waals surface area contributed by atoms with E-state index in [-0.39, 0.29) is 41.6 Å². The van der Waals surface area contributed by atoms with Crippen LogP contribution < -0.4 is 10.6 Å². The van der Waals surface area contributed by atoms with Crippen LogP contribution in [0, 0.1) is 29.6 Å². The average Bonchev–Trinajstić information content (AvgIpc) is 3.35. The Kier molecular flexibility index (Phi) is 6.75. The van der Waals surface area contributed by atoms with Crippen molar-refractivity contribution in [3.63, 3.8) is 0 Å². The molecule has 5 atom stereocenters. The molecule has 3 rings (SSSR count). The first-order valence-electron chi connectivity index (χ1n) is 10.6. The number of carbonyl (C=O) groups excluding carboxylic acids is 2. The van der Waals surface area contributed by atoms with Crippen molar-refractivity contribution < 1.29 is 14.3 Å². The maximum absolute atomic E-state index is 12.7. The van der Waals surface area contributed by atoms with E-state index in [0.717, 1.165) is 19.4 Å². The first-order valence-corrected chi connectivity index (χ1v) is 10.6. The maximum Gasteiger partial charge on any atom is 0.233 e. The van der Waals surface area contributed by atoms with Crippen LogP contribution in [0.3, 0.4) is 0 Å². The third-order valence-corrected chi connectivity index (χ3v) is 6.26. The Balaban J connectivity index is 1.42. The van der Waals surface area contributed by atoms with Gasteiger partial charge in [-0.3, -0.25) is 19.5 Å². The minimum atomic E-state index is -0.119. The minimum Gasteiger partial charge on any atom is -0.378 e. The summed E-state index contributed by atoms with van der Waals surface area (Å²) in [5, 5.41) is 6.50. The molecule has 3 aliphatic rings. The summed E-state index contributed by atoms with van der Waals surface area (Å²) in [5.41, 5.74) is 0. The van der Waals surface area contributed by atoms with Crippen LogP contribution in [0.15, 0.2) is 17.1 Å². The van der Waals surface area contributed by atoms with Crippen LogP contribution in [0.25, 0.3) is 0 Å². The normalized spacial score (nSPS) is 29.8. The molecule has 156 valence electrons. The van der Waals surface area contributed by atoms with Crippen LogP contribution in [0.4, 0.5) is 0 Å². The van der Waals surface area contributed by atoms with Crippen LogP contribution in [-0.2, 0) is 14.3 Å². The van der Waals surface area contributed by atoms with Crippen LogP contribution in [0.1, 0.15) is 33.6 Å². The summed E-state index contributed by atoms with van der Waals surface area (Å²) in [6, 6.07) is 0. The maximum atomic E-state index is 12.7. The number of imide groups is 1. The van der Waals surface area contributed by atoms with Gasteiger partial charge in [0.1, 0.15) is 0 Å². The van der Waals surface area contributed by atoms with Gasteiger partial charge in [-0.1, -0.05) is 26.0 Å². The lowest BCUT2D eigenvalue weighted by Gasteiger charge is -2.22. The average molecular weight is 391 g/mol. The number of likely N-dealkylation sites (tertiary alicyclic amines) is 1. The van der Waals surface area contributed by atoms with E-state index in [4.69, 9.17) is 4.74 Å². The van der Waals surface area contributed by atoms with Gasteiger partial charge in [0.2, 0.25) is 11.8 Å². The largest absolute Gasteiger partial charge is 0.378 e. The number of fused-ring (bicyclic) bond motifs is 5. The summed E-state index contributed by atoms with van der Waals surface area (Å²) in [6.45, 7) is 8.69. The lowest BCUT2D eigenvalue weighted by molar-refractivity contribution is -0.140. The molecule has 1 saturated carbocycles. The van der Waals surface area contributed by atoms with E-state index in [9.17, 15) is 9.59 Å². The minimum absolute atomic E-state index is 0.00749. The van der Waals surface area contributed by atoms with Crippen molar-refractivity contribution >= 4 is 17.8 Å². The quantitative estimate of drug-likeness (QED) is 0.269. The smallest absolute Gasteiger partial charge is 0.233 e. The zero-order chi connectivity index (χ0) is 20.3. The molecule has 7 nitrogen and oxygen atoms in total. The Morgan fingerprint density at radius 3 is 2.32 bits per heavy atom. The standard InChI is InChI=1S/C21H34N4O3/c1-5-28-16(13(2)3)8-9-23-21(22-4)24-10-11-25-19(26)17-14-6-7-15(12-14)18(17)20(25)27/h6-7,13-18H,5,8-12H2,1-4H3,(H2,22,23,24). The number of ether oxygens (including phenoxy) is 1. The molecule has 7 heteroatoms. The van der Waals surface area contributed by atoms with Gasteiger partial charge in [0.05, 0.1) is 17.9 Å². The molecular weight excluding hydrogens is 356 g/mol. The van der Waals surface area contributed by atoms with Gasteiger partial charge in [-0.2, -0.15) is 0 Å². The van der Waals surface area contributed by atoms with E-state index in [1.165, 1.54) is 4.90 Å². The molecule has 0 radical (unpaired) electrons. The van der Waals surface area contributed by atoms with Crippen molar-refractivity contribution in [2.45, 2.75) is 39.7 Å². The molecule has 1 aliphatic heterocycles. The number of carbonyl (C=O) groups is 2. The van der Waals surface area contributed by atoms with Crippen LogP contribution >= 0.6 is 0 Å². The lowest BCUT2D eigenvalue weighted by Crippen LogP contribution is -2.44. The highest BCUT2D eigenvalue weighted by Gasteiger charge is 2.58. The first kappa shape index (κ1) is 20.8. The third kappa shape index (κ3) is 4.09. The summed E-state index contributed by atoms with van der Waals surface area (Å²) in [6.07, 6.45) is 6.33. The second-order valence-corrected chi connectivity index (χ2v) is 8.28. The fraction of sp³-hybridized carbons (Fsp3) is 0.762. The van der Waals surface area contributed by atoms with Crippen LogP contribution in [0.5, 0.6) is 0 Å². The summed E-state index contributed by atoms with van der Waals surface area (Å²) < 4.78 is 5.76. The Morgan fingerprint density at radius 1 is 1.18 bits per heavy atom. The predicted molar refractivity (Wildman–Crippen MR) is 109 cm³/mol. The molecule has 2 bridgehead atoms. The molecule has 0 aromatic heterocycles. The highest BCUT2D eigenvalue weighted by molar-refractivity contribution is 6.06. The molecule has 28 heavy (non-hydrogen) atoms. The molecule has 2 N–H and O–H groups in total. The zero-order valence-corrected chi connectivity index (χ0v) is 17.5. The van der Waals surface area contributed by atoms with Gasteiger partial charge in [0, 0.05) is 33.3 Å². The predicted octanol–water partition coefficient (Wildman–Crippen LogP) is 1.41. The molecule has 2 fully saturated rings. The van der Waals surface area contributed by atoms with Gasteiger partial charge < -0.3 is 15.4 Å². The summed E-state index contributed by atoms with van der Waals surface area (Å²) in [7, 11) is 1.72. The lowest BCUT2D eigenvalue weighted by atomic mass is 9.85. The Labute approximate surface area is 168 Å². The van der Waals surface area contributed by atoms with E-state index < -0.39 is 0 Å². The van der Waals surface area contributed by atoms with Gasteiger partial charge in [0.25, 0.3) is 0 Å².